The van der Waals surface area contributed by atoms with E-state index in [1.807, 2.05) is 166 Å². The Bertz CT molecular complexity index is 5500. The van der Waals surface area contributed by atoms with E-state index in [4.69, 9.17) is 0 Å². The molecule has 5 aliphatic rings. The van der Waals surface area contributed by atoms with Gasteiger partial charge in [0.1, 0.15) is 5.82 Å². The van der Waals surface area contributed by atoms with Crippen molar-refractivity contribution in [2.24, 2.45) is 0 Å². The van der Waals surface area contributed by atoms with Crippen LogP contribution >= 0.6 is 0 Å². The summed E-state index contributed by atoms with van der Waals surface area (Å²) in [5, 5.41) is 26.0. The summed E-state index contributed by atoms with van der Waals surface area (Å²) in [7, 11) is 0. The van der Waals surface area contributed by atoms with E-state index < -0.39 is 5.82 Å². The number of pyridine rings is 3. The lowest BCUT2D eigenvalue weighted by atomic mass is 10.0. The van der Waals surface area contributed by atoms with Crippen molar-refractivity contribution in [1.82, 2.24) is 73.9 Å². The number of amides is 5. The molecule has 0 aliphatic carbocycles. The first-order valence-electron chi connectivity index (χ1n) is 35.8. The molecule has 7 N–H and O–H groups in total. The number of imidazole rings is 3. The molecule has 106 heavy (non-hydrogen) atoms. The van der Waals surface area contributed by atoms with Crippen LogP contribution in [0.3, 0.4) is 0 Å². The normalized spacial score (nSPS) is 14.7. The van der Waals surface area contributed by atoms with Gasteiger partial charge in [0.05, 0.1) is 45.4 Å². The Morgan fingerprint density at radius 1 is 0.491 bits per heavy atom. The molecular formula is C82H77FN18O5. The molecule has 0 atom stereocenters. The smallest absolute Gasteiger partial charge is 0.256 e. The summed E-state index contributed by atoms with van der Waals surface area (Å²) in [5.74, 6) is -0.947. The second kappa shape index (κ2) is 29.5. The van der Waals surface area contributed by atoms with Gasteiger partial charge in [-0.1, -0.05) is 24.6 Å². The number of rotatable bonds is 16. The van der Waals surface area contributed by atoms with Crippen LogP contribution in [0, 0.1) is 5.82 Å². The Labute approximate surface area is 610 Å². The summed E-state index contributed by atoms with van der Waals surface area (Å²) in [6, 6.07) is 52.3. The number of fused-ring (bicyclic) bond motifs is 6. The fourth-order valence-electron chi connectivity index (χ4n) is 14.5. The van der Waals surface area contributed by atoms with Crippen molar-refractivity contribution in [2.75, 3.05) is 68.3 Å². The maximum Gasteiger partial charge on any atom is 0.256 e. The van der Waals surface area contributed by atoms with Crippen molar-refractivity contribution in [1.29, 1.82) is 0 Å². The summed E-state index contributed by atoms with van der Waals surface area (Å²) in [5.41, 5.74) is 20.1. The van der Waals surface area contributed by atoms with Crippen LogP contribution in [0.1, 0.15) is 102 Å². The zero-order valence-electron chi connectivity index (χ0n) is 58.5. The van der Waals surface area contributed by atoms with Gasteiger partial charge in [-0.25, -0.2) is 24.0 Å². The Hall–Kier alpha value is -12.8. The molecular weight excluding hydrogens is 1340 g/mol. The van der Waals surface area contributed by atoms with Gasteiger partial charge in [0.25, 0.3) is 29.5 Å². The van der Waals surface area contributed by atoms with E-state index in [1.54, 1.807) is 41.8 Å². The standard InChI is InChI=1S/C29H29FN6O2.C29H30N6O2.C24H18N6O/c1-18(2)34-11-13-35(14-12-34)29(38)23-6-4-21(16-24(23)30)33-25-7-8-26(36-10-9-31-27(25)36)19-3-5-22-20(15-19)17-32-28(22)37;36-28(31-12-16-34-14-2-1-3-15-34)20-4-7-23(8-5-20)33-25-10-11-26(35-17-13-30-27(25)35)21-6-9-24-22(18-21)19-32-29(24)37;31-24-20-7-2-16(14-17(20)15-26-24)22-9-8-21(23-25-11-13-29(22)23)28-18-3-5-19(6-4-18)30-12-1-10-27-30/h3-10,15-16,18,33H,11-14,17H2,1-2H3,(H,32,37);4-11,13,17-18,33H,1-3,12,14-16,19H2,(H,31,36)(H,32,37);1-14,28H,15H2,(H,26,31). The van der Waals surface area contributed by atoms with Crippen LogP contribution in [0.2, 0.25) is 0 Å². The van der Waals surface area contributed by atoms with Gasteiger partial charge < -0.3 is 47.0 Å². The molecule has 13 aromatic rings. The maximum atomic E-state index is 15.1. The molecule has 5 amide bonds. The predicted molar refractivity (Wildman–Crippen MR) is 407 cm³/mol. The highest BCUT2D eigenvalue weighted by Crippen LogP contribution is 2.35. The molecule has 0 bridgehead atoms. The van der Waals surface area contributed by atoms with Crippen LogP contribution in [-0.4, -0.2) is 141 Å². The van der Waals surface area contributed by atoms with Crippen LogP contribution in [0.25, 0.3) is 56.4 Å². The third kappa shape index (κ3) is 14.0. The molecule has 7 aromatic heterocycles. The van der Waals surface area contributed by atoms with Gasteiger partial charge in [-0.15, -0.1) is 0 Å². The van der Waals surface area contributed by atoms with Crippen molar-refractivity contribution in [3.8, 4) is 39.5 Å². The Kier molecular flexibility index (Phi) is 18.8. The lowest BCUT2D eigenvalue weighted by Crippen LogP contribution is -2.50. The Morgan fingerprint density at radius 3 is 1.41 bits per heavy atom. The number of piperazine rings is 1. The maximum absolute atomic E-state index is 15.1. The molecule has 0 saturated carbocycles. The van der Waals surface area contributed by atoms with E-state index in [9.17, 15) is 24.0 Å². The molecule has 6 aromatic carbocycles. The lowest BCUT2D eigenvalue weighted by Gasteiger charge is -2.37. The van der Waals surface area contributed by atoms with Crippen molar-refractivity contribution in [3.05, 3.63) is 264 Å². The highest BCUT2D eigenvalue weighted by atomic mass is 19.1. The van der Waals surface area contributed by atoms with Gasteiger partial charge in [0.2, 0.25) is 0 Å². The Balaban J connectivity index is 0.000000122. The highest BCUT2D eigenvalue weighted by molar-refractivity contribution is 6.01. The molecule has 23 nitrogen and oxygen atoms in total. The molecule has 5 aliphatic heterocycles. The van der Waals surface area contributed by atoms with E-state index in [1.165, 1.54) is 25.3 Å². The monoisotopic (exact) mass is 1410 g/mol. The minimum absolute atomic E-state index is 0.00699. The van der Waals surface area contributed by atoms with Crippen molar-refractivity contribution in [3.63, 3.8) is 0 Å². The summed E-state index contributed by atoms with van der Waals surface area (Å²) in [6.07, 6.45) is 18.5. The van der Waals surface area contributed by atoms with E-state index in [-0.39, 0.29) is 35.1 Å². The van der Waals surface area contributed by atoms with Crippen molar-refractivity contribution >= 4 is 80.6 Å². The fourth-order valence-corrected chi connectivity index (χ4v) is 14.5. The first-order valence-corrected chi connectivity index (χ1v) is 35.8. The van der Waals surface area contributed by atoms with Gasteiger partial charge in [0, 0.05) is 154 Å². The number of hydrogen-bond donors (Lipinski definition) is 7. The number of carbonyl (C=O) groups excluding carboxylic acids is 5. The van der Waals surface area contributed by atoms with Crippen LogP contribution in [-0.2, 0) is 19.6 Å². The van der Waals surface area contributed by atoms with Crippen LogP contribution < -0.4 is 37.2 Å². The minimum atomic E-state index is -0.552. The number of nitrogens with one attached hydrogen (secondary N) is 7. The van der Waals surface area contributed by atoms with Gasteiger partial charge in [0.15, 0.2) is 16.9 Å². The average molecular weight is 1410 g/mol. The van der Waals surface area contributed by atoms with Crippen molar-refractivity contribution in [2.45, 2.75) is 58.8 Å². The third-order valence-corrected chi connectivity index (χ3v) is 20.2. The van der Waals surface area contributed by atoms with E-state index in [0.29, 0.717) is 73.5 Å². The number of benzene rings is 6. The topological polar surface area (TPSA) is 249 Å². The molecule has 2 fully saturated rings. The van der Waals surface area contributed by atoms with Crippen LogP contribution in [0.4, 0.5) is 38.5 Å². The Morgan fingerprint density at radius 2 is 0.953 bits per heavy atom. The third-order valence-electron chi connectivity index (χ3n) is 20.2. The summed E-state index contributed by atoms with van der Waals surface area (Å²) in [4.78, 5) is 81.3. The van der Waals surface area contributed by atoms with E-state index >= 15 is 4.39 Å². The number of hydrogen-bond acceptors (Lipinski definition) is 14. The number of anilines is 6. The molecule has 0 unspecified atom stereocenters. The highest BCUT2D eigenvalue weighted by Gasteiger charge is 2.27. The summed E-state index contributed by atoms with van der Waals surface area (Å²) >= 11 is 0. The minimum Gasteiger partial charge on any atom is -0.352 e. The van der Waals surface area contributed by atoms with Gasteiger partial charge >= 0.3 is 0 Å². The predicted octanol–water partition coefficient (Wildman–Crippen LogP) is 12.7. The van der Waals surface area contributed by atoms with E-state index in [0.717, 1.165) is 134 Å². The summed E-state index contributed by atoms with van der Waals surface area (Å²) < 4.78 is 23.0. The molecule has 0 spiro atoms. The number of aromatic nitrogens is 8. The number of piperidine rings is 1. The van der Waals surface area contributed by atoms with Crippen LogP contribution in [0.5, 0.6) is 0 Å². The van der Waals surface area contributed by atoms with Crippen molar-refractivity contribution < 1.29 is 28.4 Å². The zero-order chi connectivity index (χ0) is 72.4. The number of likely N-dealkylation sites (tertiary alicyclic amines) is 1. The quantitative estimate of drug-likeness (QED) is 0.0476. The zero-order valence-corrected chi connectivity index (χ0v) is 58.5. The average Bonchev–Trinajstić information content (AvgIpc) is 1.57. The largest absolute Gasteiger partial charge is 0.352 e. The number of carbonyl (C=O) groups is 5. The molecule has 2 saturated heterocycles. The second-order valence-corrected chi connectivity index (χ2v) is 27.1. The first-order chi connectivity index (χ1) is 51.8. The SMILES string of the molecule is CC(C)N1CCN(C(=O)c2ccc(Nc3ccc(-c4ccc5c(c4)CNC5=O)n4ccnc34)cc2F)CC1.O=C(NCCN1CCCCC1)c1ccc(Nc2ccc(-c3ccc4c(c3)CNC4=O)n3ccnc23)cc1.O=C1NCc2cc(-c3ccc(Nc4ccc(-n5cccn5)cc4)c4nccn34)ccc21. The van der Waals surface area contributed by atoms with Gasteiger partial charge in [-0.2, -0.15) is 5.10 Å². The van der Waals surface area contributed by atoms with Crippen LogP contribution in [0.15, 0.2) is 213 Å². The molecule has 532 valence electrons. The lowest BCUT2D eigenvalue weighted by molar-refractivity contribution is 0.0590. The first kappa shape index (κ1) is 67.7. The summed E-state index contributed by atoms with van der Waals surface area (Å²) in [6.45, 7) is 12.5. The number of nitrogens with zero attached hydrogens (tertiary/aromatic N) is 11. The fraction of sp³-hybridized carbons (Fsp3) is 0.207. The molecule has 18 rings (SSSR count). The van der Waals surface area contributed by atoms with Gasteiger partial charge in [-0.3, -0.25) is 42.1 Å². The second-order valence-electron chi connectivity index (χ2n) is 27.1. The molecule has 24 heteroatoms. The van der Waals surface area contributed by atoms with E-state index in [2.05, 4.69) is 104 Å². The molecule has 12 heterocycles. The number of halogens is 1. The molecule has 0 radical (unpaired) electrons. The van der Waals surface area contributed by atoms with Gasteiger partial charge in [-0.05, 0) is 219 Å².